The summed E-state index contributed by atoms with van der Waals surface area (Å²) in [5.74, 6) is -2.13. The van der Waals surface area contributed by atoms with Crippen LogP contribution in [0.3, 0.4) is 0 Å². The molecule has 2 rings (SSSR count). The Morgan fingerprint density at radius 3 is 2.25 bits per heavy atom. The van der Waals surface area contributed by atoms with E-state index in [-0.39, 0.29) is 6.54 Å². The molecule has 20 heavy (non-hydrogen) atoms. The van der Waals surface area contributed by atoms with Gasteiger partial charge in [-0.05, 0) is 19.3 Å². The molecule has 116 valence electrons. The molecule has 0 spiro atoms. The Labute approximate surface area is 118 Å². The maximum Gasteiger partial charge on any atom is 0.236 e. The van der Waals surface area contributed by atoms with E-state index in [4.69, 9.17) is 5.11 Å². The quantitative estimate of drug-likeness (QED) is 0.391. The van der Waals surface area contributed by atoms with Crippen molar-refractivity contribution in [3.63, 3.8) is 0 Å². The summed E-state index contributed by atoms with van der Waals surface area (Å²) < 4.78 is 0. The fourth-order valence-electron chi connectivity index (χ4n) is 2.05. The molecule has 1 aliphatic carbocycles. The number of hydrogen-bond donors (Lipinski definition) is 4. The monoisotopic (exact) mass is 288 g/mol. The predicted octanol–water partition coefficient (Wildman–Crippen LogP) is -1.03. The van der Waals surface area contributed by atoms with Crippen molar-refractivity contribution in [2.24, 2.45) is 5.92 Å². The van der Waals surface area contributed by atoms with Crippen LogP contribution in [0.1, 0.15) is 33.1 Å². The summed E-state index contributed by atoms with van der Waals surface area (Å²) in [5, 5.41) is 21.4. The first-order valence-electron chi connectivity index (χ1n) is 6.77. The summed E-state index contributed by atoms with van der Waals surface area (Å²) in [6.07, 6.45) is 1.81. The number of aldehydes is 1. The molecule has 1 saturated carbocycles. The Bertz CT molecular complexity index is 342. The molecule has 2 fully saturated rings. The molecule has 7 heteroatoms. The second kappa shape index (κ2) is 8.65. The lowest BCUT2D eigenvalue weighted by molar-refractivity contribution is -0.139. The Balaban J connectivity index is 0.000000829. The zero-order valence-electron chi connectivity index (χ0n) is 12.2. The summed E-state index contributed by atoms with van der Waals surface area (Å²) in [7, 11) is 1.00. The van der Waals surface area contributed by atoms with Gasteiger partial charge in [-0.15, -0.1) is 0 Å². The van der Waals surface area contributed by atoms with E-state index in [1.165, 1.54) is 0 Å². The van der Waals surface area contributed by atoms with Crippen molar-refractivity contribution < 1.29 is 24.6 Å². The second-order valence-electron chi connectivity index (χ2n) is 4.41. The van der Waals surface area contributed by atoms with Gasteiger partial charge in [0.05, 0.1) is 11.6 Å². The van der Waals surface area contributed by atoms with E-state index in [1.807, 2.05) is 13.8 Å². The third kappa shape index (κ3) is 4.01. The molecule has 1 aliphatic heterocycles. The zero-order valence-corrected chi connectivity index (χ0v) is 12.2. The summed E-state index contributed by atoms with van der Waals surface area (Å²) in [5.41, 5.74) is -0.806. The number of aliphatic hydroxyl groups excluding tert-OH is 2. The highest BCUT2D eigenvalue weighted by molar-refractivity contribution is 6.03. The molecule has 0 aromatic heterocycles. The summed E-state index contributed by atoms with van der Waals surface area (Å²) in [6.45, 7) is 4.09. The first-order valence-corrected chi connectivity index (χ1v) is 6.77. The first kappa shape index (κ1) is 18.5. The van der Waals surface area contributed by atoms with Crippen LogP contribution in [0.5, 0.6) is 0 Å². The molecule has 0 bridgehead atoms. The van der Waals surface area contributed by atoms with E-state index in [1.54, 1.807) is 0 Å². The fraction of sp³-hybridized carbons (Fsp3) is 0.769. The van der Waals surface area contributed by atoms with Crippen molar-refractivity contribution in [2.75, 3.05) is 13.7 Å². The molecule has 2 aliphatic rings. The highest BCUT2D eigenvalue weighted by Crippen LogP contribution is 2.30. The Morgan fingerprint density at radius 2 is 1.95 bits per heavy atom. The van der Waals surface area contributed by atoms with Crippen LogP contribution in [0.2, 0.25) is 0 Å². The molecule has 2 atom stereocenters. The maximum absolute atomic E-state index is 11.7. The van der Waals surface area contributed by atoms with E-state index in [0.717, 1.165) is 13.5 Å². The van der Waals surface area contributed by atoms with Crippen molar-refractivity contribution in [1.29, 1.82) is 0 Å². The molecule has 7 nitrogen and oxygen atoms in total. The minimum Gasteiger partial charge on any atom is -0.400 e. The summed E-state index contributed by atoms with van der Waals surface area (Å²) >= 11 is 0. The number of carbonyl (C=O) groups is 3. The van der Waals surface area contributed by atoms with Crippen LogP contribution in [-0.2, 0) is 14.4 Å². The highest BCUT2D eigenvalue weighted by atomic mass is 16.3. The van der Waals surface area contributed by atoms with E-state index in [2.05, 4.69) is 10.6 Å². The molecule has 0 radical (unpaired) electrons. The number of rotatable bonds is 3. The van der Waals surface area contributed by atoms with Crippen molar-refractivity contribution in [1.82, 2.24) is 10.6 Å². The van der Waals surface area contributed by atoms with Crippen LogP contribution in [0.4, 0.5) is 0 Å². The van der Waals surface area contributed by atoms with Gasteiger partial charge >= 0.3 is 0 Å². The minimum atomic E-state index is -1.09. The minimum absolute atomic E-state index is 0.0883. The molecular weight excluding hydrogens is 264 g/mol. The molecule has 1 saturated heterocycles. The maximum atomic E-state index is 11.7. The molecule has 0 aromatic rings. The van der Waals surface area contributed by atoms with Crippen molar-refractivity contribution in [3.8, 4) is 0 Å². The van der Waals surface area contributed by atoms with Gasteiger partial charge in [0.15, 0.2) is 0 Å². The number of aliphatic hydroxyl groups is 2. The normalized spacial score (nSPS) is 25.8. The van der Waals surface area contributed by atoms with Crippen LogP contribution in [0, 0.1) is 5.92 Å². The molecule has 0 aromatic carbocycles. The Hall–Kier alpha value is -1.47. The average molecular weight is 288 g/mol. The van der Waals surface area contributed by atoms with Gasteiger partial charge in [-0.2, -0.15) is 0 Å². The standard InChI is InChI=1S/C10H14N2O4.C2H6.CH4O/c13-5-10(2-1-3-10)12-9(16)7-6(14)4-11-8(7)15;2*1-2/h5-7,14H,1-4H2,(H,11,15)(H,12,16);1-2H3;2H,1H3. The number of nitrogens with one attached hydrogen (secondary N) is 2. The van der Waals surface area contributed by atoms with Crippen LogP contribution in [0.15, 0.2) is 0 Å². The van der Waals surface area contributed by atoms with Gasteiger partial charge in [0.1, 0.15) is 12.2 Å². The van der Waals surface area contributed by atoms with Gasteiger partial charge in [0.2, 0.25) is 11.8 Å². The molecular formula is C13H24N2O5. The summed E-state index contributed by atoms with van der Waals surface area (Å²) in [4.78, 5) is 33.9. The van der Waals surface area contributed by atoms with Gasteiger partial charge in [-0.3, -0.25) is 9.59 Å². The number of β-amino-alcohol motifs (C(OH)–C–C–N with tert-alkyl or cyclic N) is 1. The largest absolute Gasteiger partial charge is 0.400 e. The van der Waals surface area contributed by atoms with E-state index >= 15 is 0 Å². The lowest BCUT2D eigenvalue weighted by Gasteiger charge is -2.38. The van der Waals surface area contributed by atoms with Gasteiger partial charge in [0, 0.05) is 13.7 Å². The van der Waals surface area contributed by atoms with Crippen molar-refractivity contribution >= 4 is 18.1 Å². The van der Waals surface area contributed by atoms with Gasteiger partial charge in [-0.25, -0.2) is 0 Å². The van der Waals surface area contributed by atoms with E-state index < -0.39 is 29.4 Å². The van der Waals surface area contributed by atoms with Crippen molar-refractivity contribution in [3.05, 3.63) is 0 Å². The molecule has 4 N–H and O–H groups in total. The first-order chi connectivity index (χ1) is 9.58. The van der Waals surface area contributed by atoms with Crippen LogP contribution < -0.4 is 10.6 Å². The topological polar surface area (TPSA) is 116 Å². The average Bonchev–Trinajstić information content (AvgIpc) is 2.78. The Kier molecular flexibility index (Phi) is 8.02. The lowest BCUT2D eigenvalue weighted by atomic mass is 9.77. The molecule has 2 amide bonds. The SMILES string of the molecule is CC.CO.O=CC1(NC(=O)C2C(=O)NCC2O)CCC1. The second-order valence-corrected chi connectivity index (χ2v) is 4.41. The predicted molar refractivity (Wildman–Crippen MR) is 72.8 cm³/mol. The van der Waals surface area contributed by atoms with E-state index in [9.17, 15) is 19.5 Å². The lowest BCUT2D eigenvalue weighted by Crippen LogP contribution is -2.57. The summed E-state index contributed by atoms with van der Waals surface area (Å²) in [6, 6.07) is 0. The van der Waals surface area contributed by atoms with E-state index in [0.29, 0.717) is 19.1 Å². The number of hydrogen-bond acceptors (Lipinski definition) is 5. The third-order valence-corrected chi connectivity index (χ3v) is 3.28. The highest BCUT2D eigenvalue weighted by Gasteiger charge is 2.44. The van der Waals surface area contributed by atoms with Gasteiger partial charge < -0.3 is 25.6 Å². The van der Waals surface area contributed by atoms with Gasteiger partial charge in [-0.1, -0.05) is 13.8 Å². The fourth-order valence-corrected chi connectivity index (χ4v) is 2.05. The van der Waals surface area contributed by atoms with Gasteiger partial charge in [0.25, 0.3) is 0 Å². The van der Waals surface area contributed by atoms with Crippen LogP contribution in [-0.4, -0.2) is 53.6 Å². The zero-order chi connectivity index (χ0) is 15.8. The number of carbonyl (C=O) groups excluding carboxylic acids is 3. The van der Waals surface area contributed by atoms with Crippen molar-refractivity contribution in [2.45, 2.75) is 44.8 Å². The third-order valence-electron chi connectivity index (χ3n) is 3.28. The van der Waals surface area contributed by atoms with Crippen LogP contribution >= 0.6 is 0 Å². The Morgan fingerprint density at radius 1 is 1.40 bits per heavy atom. The molecule has 2 unspecified atom stereocenters. The number of amides is 2. The van der Waals surface area contributed by atoms with Crippen LogP contribution in [0.25, 0.3) is 0 Å². The molecule has 1 heterocycles. The smallest absolute Gasteiger partial charge is 0.236 e.